The lowest BCUT2D eigenvalue weighted by Crippen LogP contribution is -2.65. The molecule has 37 heavy (non-hydrogen) atoms. The van der Waals surface area contributed by atoms with Crippen LogP contribution in [0.3, 0.4) is 0 Å². The summed E-state index contributed by atoms with van der Waals surface area (Å²) in [6.07, 6.45) is 8.73. The van der Waals surface area contributed by atoms with Crippen molar-refractivity contribution in [2.75, 3.05) is 0 Å². The molecule has 0 amide bonds. The molecular formula is C30H37N5OSi. The molecule has 2 aromatic carbocycles. The van der Waals surface area contributed by atoms with Gasteiger partial charge in [0.05, 0.1) is 11.4 Å². The van der Waals surface area contributed by atoms with E-state index >= 15 is 0 Å². The van der Waals surface area contributed by atoms with E-state index in [1.165, 1.54) is 0 Å². The van der Waals surface area contributed by atoms with Crippen LogP contribution in [0.15, 0.2) is 88.6 Å². The summed E-state index contributed by atoms with van der Waals surface area (Å²) in [4.78, 5) is 24.6. The van der Waals surface area contributed by atoms with Crippen molar-refractivity contribution in [2.45, 2.75) is 51.0 Å². The van der Waals surface area contributed by atoms with Crippen molar-refractivity contribution >= 4 is 43.3 Å². The highest BCUT2D eigenvalue weighted by Crippen LogP contribution is 2.47. The van der Waals surface area contributed by atoms with Crippen molar-refractivity contribution in [3.05, 3.63) is 84.2 Å². The van der Waals surface area contributed by atoms with Gasteiger partial charge in [0.1, 0.15) is 12.2 Å². The average Bonchev–Trinajstić information content (AvgIpc) is 3.40. The highest BCUT2D eigenvalue weighted by Gasteiger charge is 2.50. The minimum Gasteiger partial charge on any atom is -0.424 e. The fourth-order valence-electron chi connectivity index (χ4n) is 6.46. The van der Waals surface area contributed by atoms with Crippen LogP contribution in [0, 0.1) is 11.8 Å². The normalized spacial score (nSPS) is 21.5. The number of fused-ring (bicyclic) bond motifs is 1. The van der Waals surface area contributed by atoms with Gasteiger partial charge in [-0.25, -0.2) is 10.8 Å². The molecular weight excluding hydrogens is 474 g/mol. The van der Waals surface area contributed by atoms with E-state index in [9.17, 15) is 4.80 Å². The second-order valence-corrected chi connectivity index (χ2v) is 15.0. The highest BCUT2D eigenvalue weighted by atomic mass is 28.4. The predicted octanol–water partition coefficient (Wildman–Crippen LogP) is 4.96. The van der Waals surface area contributed by atoms with Gasteiger partial charge in [-0.2, -0.15) is 0 Å². The van der Waals surface area contributed by atoms with Crippen molar-refractivity contribution in [1.29, 1.82) is 0 Å². The number of hydrogen-bond acceptors (Lipinski definition) is 5. The Morgan fingerprint density at radius 2 is 1.65 bits per heavy atom. The Labute approximate surface area is 220 Å². The number of nitrogens with zero attached hydrogens (tertiary/aromatic N) is 3. The monoisotopic (exact) mass is 511 g/mol. The minimum atomic E-state index is -3.01. The first-order valence-corrected chi connectivity index (χ1v) is 15.1. The molecule has 5 rings (SSSR count). The number of nitrogens with one attached hydrogen (secondary N) is 1. The van der Waals surface area contributed by atoms with Crippen molar-refractivity contribution < 1.29 is 4.80 Å². The Bertz CT molecular complexity index is 1250. The largest absolute Gasteiger partial charge is 0.424 e. The van der Waals surface area contributed by atoms with Crippen LogP contribution in [-0.4, -0.2) is 36.2 Å². The average molecular weight is 512 g/mol. The van der Waals surface area contributed by atoms with Crippen molar-refractivity contribution in [2.24, 2.45) is 27.7 Å². The number of allylic oxidation sites excluding steroid dienone is 1. The lowest BCUT2D eigenvalue weighted by atomic mass is 9.76. The molecule has 2 heterocycles. The molecule has 2 aliphatic rings. The van der Waals surface area contributed by atoms with Gasteiger partial charge in [0.2, 0.25) is 0 Å². The first kappa shape index (κ1) is 25.4. The first-order chi connectivity index (χ1) is 17.8. The number of hydrazine groups is 1. The van der Waals surface area contributed by atoms with Crippen LogP contribution in [0.5, 0.6) is 0 Å². The van der Waals surface area contributed by atoms with Gasteiger partial charge in [-0.3, -0.25) is 10.0 Å². The molecule has 0 unspecified atom stereocenters. The SMILES string of the molecule is C=N/C(=C1/c2cc[nH]c2N=CN1N)C1CCC(CC(C)(C)[Si](O)(c2ccccc2)c2ccccc2)CC1. The summed E-state index contributed by atoms with van der Waals surface area (Å²) < 4.78 is 0. The molecule has 0 spiro atoms. The molecule has 0 radical (unpaired) electrons. The number of nitrogens with two attached hydrogens (primary N) is 1. The van der Waals surface area contributed by atoms with Gasteiger partial charge in [0.25, 0.3) is 8.32 Å². The summed E-state index contributed by atoms with van der Waals surface area (Å²) in [5, 5.41) is 3.49. The van der Waals surface area contributed by atoms with E-state index in [1.54, 1.807) is 11.3 Å². The molecule has 1 aliphatic carbocycles. The number of aliphatic imine (C=N–C) groups is 2. The zero-order valence-corrected chi connectivity index (χ0v) is 22.8. The topological polar surface area (TPSA) is 90.0 Å². The fourth-order valence-corrected chi connectivity index (χ4v) is 10.3. The summed E-state index contributed by atoms with van der Waals surface area (Å²) in [6, 6.07) is 22.6. The van der Waals surface area contributed by atoms with Crippen molar-refractivity contribution in [1.82, 2.24) is 9.99 Å². The minimum absolute atomic E-state index is 0.237. The van der Waals surface area contributed by atoms with E-state index in [-0.39, 0.29) is 5.04 Å². The molecule has 0 atom stereocenters. The van der Waals surface area contributed by atoms with Gasteiger partial charge < -0.3 is 9.78 Å². The van der Waals surface area contributed by atoms with E-state index in [1.807, 2.05) is 48.7 Å². The lowest BCUT2D eigenvalue weighted by Gasteiger charge is -2.44. The van der Waals surface area contributed by atoms with Crippen LogP contribution >= 0.6 is 0 Å². The molecule has 1 saturated carbocycles. The number of rotatable bonds is 7. The smallest absolute Gasteiger partial charge is 0.258 e. The maximum absolute atomic E-state index is 12.5. The summed E-state index contributed by atoms with van der Waals surface area (Å²) in [5.74, 6) is 7.95. The van der Waals surface area contributed by atoms with Gasteiger partial charge >= 0.3 is 0 Å². The highest BCUT2D eigenvalue weighted by molar-refractivity contribution is 6.98. The van der Waals surface area contributed by atoms with Gasteiger partial charge in [-0.1, -0.05) is 74.5 Å². The van der Waals surface area contributed by atoms with E-state index in [4.69, 9.17) is 5.84 Å². The summed E-state index contributed by atoms with van der Waals surface area (Å²) in [6.45, 7) is 8.45. The molecule has 0 bridgehead atoms. The number of aromatic amines is 1. The molecule has 0 saturated heterocycles. The second kappa shape index (κ2) is 10.2. The van der Waals surface area contributed by atoms with Crippen LogP contribution in [-0.2, 0) is 0 Å². The fraction of sp³-hybridized carbons (Fsp3) is 0.333. The zero-order valence-electron chi connectivity index (χ0n) is 21.8. The molecule has 1 aromatic heterocycles. The molecule has 6 nitrogen and oxygen atoms in total. The summed E-state index contributed by atoms with van der Waals surface area (Å²) >= 11 is 0. The first-order valence-electron chi connectivity index (χ1n) is 13.2. The molecule has 3 aromatic rings. The number of aromatic nitrogens is 1. The third-order valence-corrected chi connectivity index (χ3v) is 12.9. The van der Waals surface area contributed by atoms with E-state index < -0.39 is 8.32 Å². The van der Waals surface area contributed by atoms with Gasteiger partial charge in [-0.05, 0) is 66.2 Å². The lowest BCUT2D eigenvalue weighted by molar-refractivity contribution is 0.259. The summed E-state index contributed by atoms with van der Waals surface area (Å²) in [7, 11) is -3.01. The Morgan fingerprint density at radius 3 is 2.22 bits per heavy atom. The molecule has 4 N–H and O–H groups in total. The van der Waals surface area contributed by atoms with Gasteiger partial charge in [-0.15, -0.1) is 0 Å². The molecule has 1 fully saturated rings. The second-order valence-electron chi connectivity index (χ2n) is 11.0. The standard InChI is InChI=1S/C30H37N5OSi/c1-30(2,37(36,24-10-6-4-7-11-24)25-12-8-5-9-13-25)20-22-14-16-23(17-15-22)27(32-3)28-26-18-19-33-29(26)34-21-35(28)31/h4-13,18-19,21-23,33,36H,3,14-17,20,31H2,1-2H3/b28-27-. The van der Waals surface area contributed by atoms with E-state index in [0.717, 1.165) is 65.3 Å². The van der Waals surface area contributed by atoms with Gasteiger partial charge in [0, 0.05) is 17.7 Å². The van der Waals surface area contributed by atoms with Crippen LogP contribution in [0.25, 0.3) is 5.70 Å². The molecule has 1 aliphatic heterocycles. The van der Waals surface area contributed by atoms with Gasteiger partial charge in [0.15, 0.2) is 0 Å². The van der Waals surface area contributed by atoms with E-state index in [2.05, 4.69) is 59.8 Å². The van der Waals surface area contributed by atoms with E-state index in [0.29, 0.717) is 11.8 Å². The zero-order chi connectivity index (χ0) is 26.0. The third-order valence-electron chi connectivity index (χ3n) is 8.36. The quantitative estimate of drug-likeness (QED) is 0.238. The van der Waals surface area contributed by atoms with Crippen LogP contribution in [0.4, 0.5) is 5.82 Å². The Hall–Kier alpha value is -3.26. The molecule has 7 heteroatoms. The van der Waals surface area contributed by atoms with Crippen LogP contribution in [0.1, 0.15) is 51.5 Å². The maximum Gasteiger partial charge on any atom is 0.258 e. The number of hydrogen-bond donors (Lipinski definition) is 3. The molecule has 192 valence electrons. The Balaban J connectivity index is 1.37. The number of benzene rings is 2. The number of H-pyrrole nitrogens is 1. The Kier molecular flexibility index (Phi) is 7.03. The third kappa shape index (κ3) is 4.63. The summed E-state index contributed by atoms with van der Waals surface area (Å²) in [5.41, 5.74) is 2.81. The van der Waals surface area contributed by atoms with Crippen LogP contribution < -0.4 is 16.2 Å². The van der Waals surface area contributed by atoms with Crippen molar-refractivity contribution in [3.8, 4) is 0 Å². The predicted molar refractivity (Wildman–Crippen MR) is 156 cm³/mol. The van der Waals surface area contributed by atoms with Crippen LogP contribution in [0.2, 0.25) is 5.04 Å². The van der Waals surface area contributed by atoms with Crippen molar-refractivity contribution in [3.63, 3.8) is 0 Å². The Morgan fingerprint density at radius 1 is 1.05 bits per heavy atom. The maximum atomic E-state index is 12.5.